The van der Waals surface area contributed by atoms with Crippen LogP contribution in [0.25, 0.3) is 0 Å². The quantitative estimate of drug-likeness (QED) is 0.751. The van der Waals surface area contributed by atoms with Crippen molar-refractivity contribution in [1.29, 1.82) is 0 Å². The van der Waals surface area contributed by atoms with Gasteiger partial charge in [-0.05, 0) is 32.4 Å². The molecule has 94 valence electrons. The maximum Gasteiger partial charge on any atom is 0.307 e. The number of rotatable bonds is 6. The molecular formula is C12H23NO3. The number of hydrogen-bond acceptors (Lipinski definition) is 3. The fourth-order valence-electron chi connectivity index (χ4n) is 2.18. The molecule has 0 radical (unpaired) electrons. The van der Waals surface area contributed by atoms with Crippen molar-refractivity contribution in [3.05, 3.63) is 0 Å². The molecule has 0 saturated carbocycles. The number of aliphatic carboxylic acids is 1. The summed E-state index contributed by atoms with van der Waals surface area (Å²) in [4.78, 5) is 13.4. The number of ether oxygens (including phenoxy) is 1. The van der Waals surface area contributed by atoms with E-state index in [9.17, 15) is 4.79 Å². The van der Waals surface area contributed by atoms with Gasteiger partial charge in [0.05, 0.1) is 5.92 Å². The number of carboxylic acids is 1. The monoisotopic (exact) mass is 229 g/mol. The summed E-state index contributed by atoms with van der Waals surface area (Å²) in [6, 6.07) is 0. The molecule has 1 aliphatic rings. The Morgan fingerprint density at radius 3 is 2.44 bits per heavy atom. The first-order chi connectivity index (χ1) is 7.74. The van der Waals surface area contributed by atoms with Crippen molar-refractivity contribution in [2.45, 2.75) is 32.1 Å². The minimum absolute atomic E-state index is 0.280. The van der Waals surface area contributed by atoms with Crippen molar-refractivity contribution < 1.29 is 14.6 Å². The molecular weight excluding hydrogens is 206 g/mol. The Labute approximate surface area is 97.6 Å². The number of hydrogen-bond donors (Lipinski definition) is 1. The van der Waals surface area contributed by atoms with Crippen molar-refractivity contribution in [3.8, 4) is 0 Å². The third kappa shape index (κ3) is 4.94. The predicted molar refractivity (Wildman–Crippen MR) is 62.5 cm³/mol. The average Bonchev–Trinajstić information content (AvgIpc) is 2.52. The number of carboxylic acid groups (broad SMARTS) is 1. The molecule has 4 heteroatoms. The third-order valence-corrected chi connectivity index (χ3v) is 3.20. The van der Waals surface area contributed by atoms with E-state index in [0.29, 0.717) is 19.6 Å². The fourth-order valence-corrected chi connectivity index (χ4v) is 2.18. The van der Waals surface area contributed by atoms with Crippen molar-refractivity contribution in [2.75, 3.05) is 33.4 Å². The van der Waals surface area contributed by atoms with Crippen LogP contribution in [0.1, 0.15) is 32.1 Å². The molecule has 16 heavy (non-hydrogen) atoms. The number of carbonyl (C=O) groups is 1. The molecule has 0 amide bonds. The first-order valence-electron chi connectivity index (χ1n) is 6.18. The van der Waals surface area contributed by atoms with Crippen LogP contribution in [-0.4, -0.2) is 49.3 Å². The molecule has 0 bridgehead atoms. The Morgan fingerprint density at radius 2 is 1.94 bits per heavy atom. The van der Waals surface area contributed by atoms with Crippen molar-refractivity contribution >= 4 is 5.97 Å². The minimum Gasteiger partial charge on any atom is -0.481 e. The summed E-state index contributed by atoms with van der Waals surface area (Å²) in [5.41, 5.74) is 0. The van der Waals surface area contributed by atoms with Gasteiger partial charge in [0.25, 0.3) is 0 Å². The van der Waals surface area contributed by atoms with Gasteiger partial charge in [-0.2, -0.15) is 0 Å². The molecule has 0 aromatic rings. The summed E-state index contributed by atoms with van der Waals surface area (Å²) in [6.45, 7) is 3.32. The second-order valence-corrected chi connectivity index (χ2v) is 4.53. The molecule has 1 N–H and O–H groups in total. The Bertz CT molecular complexity index is 200. The van der Waals surface area contributed by atoms with Gasteiger partial charge in [0.1, 0.15) is 0 Å². The van der Waals surface area contributed by atoms with Gasteiger partial charge >= 0.3 is 5.97 Å². The molecule has 1 saturated heterocycles. The van der Waals surface area contributed by atoms with Crippen LogP contribution in [0.15, 0.2) is 0 Å². The zero-order chi connectivity index (χ0) is 11.8. The van der Waals surface area contributed by atoms with E-state index < -0.39 is 5.97 Å². The van der Waals surface area contributed by atoms with Crippen LogP contribution in [0, 0.1) is 5.92 Å². The van der Waals surface area contributed by atoms with E-state index in [2.05, 4.69) is 4.90 Å². The number of methoxy groups -OCH3 is 1. The standard InChI is InChI=1S/C12H23NO3/c1-16-9-6-11(12(14)15)10-13-7-4-2-3-5-8-13/h11H,2-10H2,1H3,(H,14,15). The molecule has 4 nitrogen and oxygen atoms in total. The van der Waals surface area contributed by atoms with E-state index in [0.717, 1.165) is 13.1 Å². The Kier molecular flexibility index (Phi) is 6.42. The molecule has 1 heterocycles. The third-order valence-electron chi connectivity index (χ3n) is 3.20. The van der Waals surface area contributed by atoms with Crippen LogP contribution in [-0.2, 0) is 9.53 Å². The zero-order valence-corrected chi connectivity index (χ0v) is 10.2. The van der Waals surface area contributed by atoms with Crippen LogP contribution in [0.2, 0.25) is 0 Å². The highest BCUT2D eigenvalue weighted by molar-refractivity contribution is 5.70. The van der Waals surface area contributed by atoms with Crippen molar-refractivity contribution in [1.82, 2.24) is 4.90 Å². The van der Waals surface area contributed by atoms with Gasteiger partial charge in [0, 0.05) is 20.3 Å². The highest BCUT2D eigenvalue weighted by Gasteiger charge is 2.21. The van der Waals surface area contributed by atoms with E-state index in [4.69, 9.17) is 9.84 Å². The molecule has 1 unspecified atom stereocenters. The first kappa shape index (κ1) is 13.5. The van der Waals surface area contributed by atoms with Gasteiger partial charge in [-0.15, -0.1) is 0 Å². The lowest BCUT2D eigenvalue weighted by Crippen LogP contribution is -2.34. The summed E-state index contributed by atoms with van der Waals surface area (Å²) >= 11 is 0. The summed E-state index contributed by atoms with van der Waals surface area (Å²) in [5.74, 6) is -0.973. The second-order valence-electron chi connectivity index (χ2n) is 4.53. The van der Waals surface area contributed by atoms with E-state index in [1.54, 1.807) is 7.11 Å². The smallest absolute Gasteiger partial charge is 0.307 e. The largest absolute Gasteiger partial charge is 0.481 e. The van der Waals surface area contributed by atoms with Gasteiger partial charge in [-0.1, -0.05) is 12.8 Å². The summed E-state index contributed by atoms with van der Waals surface area (Å²) < 4.78 is 4.95. The van der Waals surface area contributed by atoms with Crippen molar-refractivity contribution in [3.63, 3.8) is 0 Å². The normalized spacial score (nSPS) is 20.3. The van der Waals surface area contributed by atoms with Crippen LogP contribution in [0.5, 0.6) is 0 Å². The van der Waals surface area contributed by atoms with E-state index >= 15 is 0 Å². The fraction of sp³-hybridized carbons (Fsp3) is 0.917. The first-order valence-corrected chi connectivity index (χ1v) is 6.18. The molecule has 1 fully saturated rings. The molecule has 1 rings (SSSR count). The molecule has 0 aromatic heterocycles. The van der Waals surface area contributed by atoms with Gasteiger partial charge in [0.2, 0.25) is 0 Å². The average molecular weight is 229 g/mol. The predicted octanol–water partition coefficient (Wildman–Crippen LogP) is 1.60. The maximum atomic E-state index is 11.1. The van der Waals surface area contributed by atoms with Gasteiger partial charge in [0.15, 0.2) is 0 Å². The Balaban J connectivity index is 2.36. The van der Waals surface area contributed by atoms with Crippen LogP contribution < -0.4 is 0 Å². The van der Waals surface area contributed by atoms with E-state index in [1.807, 2.05) is 0 Å². The maximum absolute atomic E-state index is 11.1. The molecule has 0 spiro atoms. The summed E-state index contributed by atoms with van der Waals surface area (Å²) in [5, 5.41) is 9.12. The lowest BCUT2D eigenvalue weighted by Gasteiger charge is -2.23. The SMILES string of the molecule is COCCC(CN1CCCCCC1)C(=O)O. The van der Waals surface area contributed by atoms with Gasteiger partial charge in [-0.3, -0.25) is 4.79 Å². The van der Waals surface area contributed by atoms with Gasteiger partial charge < -0.3 is 14.7 Å². The number of nitrogens with zero attached hydrogens (tertiary/aromatic N) is 1. The van der Waals surface area contributed by atoms with Crippen molar-refractivity contribution in [2.24, 2.45) is 5.92 Å². The summed E-state index contributed by atoms with van der Waals surface area (Å²) in [7, 11) is 1.62. The molecule has 1 aliphatic heterocycles. The lowest BCUT2D eigenvalue weighted by molar-refractivity contribution is -0.143. The lowest BCUT2D eigenvalue weighted by atomic mass is 10.1. The van der Waals surface area contributed by atoms with Crippen LogP contribution in [0.3, 0.4) is 0 Å². The van der Waals surface area contributed by atoms with E-state index in [-0.39, 0.29) is 5.92 Å². The van der Waals surface area contributed by atoms with E-state index in [1.165, 1.54) is 25.7 Å². The zero-order valence-electron chi connectivity index (χ0n) is 10.2. The topological polar surface area (TPSA) is 49.8 Å². The Hall–Kier alpha value is -0.610. The van der Waals surface area contributed by atoms with Gasteiger partial charge in [-0.25, -0.2) is 0 Å². The highest BCUT2D eigenvalue weighted by atomic mass is 16.5. The summed E-state index contributed by atoms with van der Waals surface area (Å²) in [6.07, 6.45) is 5.59. The molecule has 1 atom stereocenters. The minimum atomic E-state index is -0.693. The second kappa shape index (κ2) is 7.63. The number of likely N-dealkylation sites (tertiary alicyclic amines) is 1. The Morgan fingerprint density at radius 1 is 1.31 bits per heavy atom. The highest BCUT2D eigenvalue weighted by Crippen LogP contribution is 2.13. The van der Waals surface area contributed by atoms with Crippen LogP contribution in [0.4, 0.5) is 0 Å². The molecule has 0 aliphatic carbocycles. The molecule has 0 aromatic carbocycles. The van der Waals surface area contributed by atoms with Crippen LogP contribution >= 0.6 is 0 Å².